The highest BCUT2D eigenvalue weighted by Gasteiger charge is 2.22. The molecule has 0 saturated heterocycles. The summed E-state index contributed by atoms with van der Waals surface area (Å²) in [7, 11) is 0. The Kier molecular flexibility index (Phi) is 2.27. The molecule has 0 aromatic heterocycles. The molecule has 2 nitrogen and oxygen atoms in total. The average molecular weight is 288 g/mol. The normalized spacial score (nSPS) is 15.1. The Bertz CT molecular complexity index is 371. The number of ether oxygens (including phenoxy) is 1. The zero-order chi connectivity index (χ0) is 9.42. The number of hydrogen-bond donors (Lipinski definition) is 0. The van der Waals surface area contributed by atoms with Crippen molar-refractivity contribution in [3.63, 3.8) is 0 Å². The van der Waals surface area contributed by atoms with Crippen molar-refractivity contribution in [2.45, 2.75) is 13.3 Å². The topological polar surface area (TPSA) is 26.3 Å². The minimum absolute atomic E-state index is 0.206. The Balaban J connectivity index is 2.67. The molecule has 0 atom stereocenters. The van der Waals surface area contributed by atoms with Crippen LogP contribution >= 0.6 is 22.6 Å². The van der Waals surface area contributed by atoms with Gasteiger partial charge in [0.15, 0.2) is 5.78 Å². The van der Waals surface area contributed by atoms with E-state index in [-0.39, 0.29) is 5.78 Å². The summed E-state index contributed by atoms with van der Waals surface area (Å²) in [6, 6.07) is 3.94. The van der Waals surface area contributed by atoms with Crippen LogP contribution in [0.2, 0.25) is 0 Å². The summed E-state index contributed by atoms with van der Waals surface area (Å²) in [6.07, 6.45) is 0.508. The summed E-state index contributed by atoms with van der Waals surface area (Å²) in [5.41, 5.74) is 1.79. The Morgan fingerprint density at radius 1 is 1.46 bits per heavy atom. The van der Waals surface area contributed by atoms with E-state index in [4.69, 9.17) is 4.74 Å². The van der Waals surface area contributed by atoms with Crippen LogP contribution in [0.15, 0.2) is 12.1 Å². The van der Waals surface area contributed by atoms with E-state index in [2.05, 4.69) is 22.6 Å². The number of hydrogen-bond acceptors (Lipinski definition) is 2. The van der Waals surface area contributed by atoms with Crippen molar-refractivity contribution in [2.24, 2.45) is 0 Å². The van der Waals surface area contributed by atoms with Gasteiger partial charge in [-0.05, 0) is 41.1 Å². The fourth-order valence-corrected chi connectivity index (χ4v) is 2.12. The minimum Gasteiger partial charge on any atom is -0.491 e. The number of aryl methyl sites for hydroxylation is 1. The number of ketones is 1. The predicted molar refractivity (Wildman–Crippen MR) is 58.3 cm³/mol. The van der Waals surface area contributed by atoms with E-state index in [9.17, 15) is 4.79 Å². The lowest BCUT2D eigenvalue weighted by molar-refractivity contribution is 0.0932. The standard InChI is InChI=1S/C10H9IO2/c1-6-2-3-7(11)10-9(6)8(12)4-5-13-10/h2-3H,4-5H2,1H3. The van der Waals surface area contributed by atoms with E-state index in [1.807, 2.05) is 19.1 Å². The molecule has 13 heavy (non-hydrogen) atoms. The van der Waals surface area contributed by atoms with Crippen LogP contribution in [-0.2, 0) is 0 Å². The molecule has 0 amide bonds. The molecule has 1 aliphatic heterocycles. The lowest BCUT2D eigenvalue weighted by atomic mass is 10.00. The molecule has 1 aromatic carbocycles. The molecule has 0 fully saturated rings. The highest BCUT2D eigenvalue weighted by Crippen LogP contribution is 2.32. The molecule has 0 aliphatic carbocycles. The molecule has 3 heteroatoms. The third-order valence-corrected chi connectivity index (χ3v) is 3.02. The van der Waals surface area contributed by atoms with Gasteiger partial charge in [0.2, 0.25) is 0 Å². The van der Waals surface area contributed by atoms with Gasteiger partial charge in [-0.3, -0.25) is 4.79 Å². The van der Waals surface area contributed by atoms with Crippen LogP contribution in [0.4, 0.5) is 0 Å². The molecule has 1 aliphatic rings. The highest BCUT2D eigenvalue weighted by molar-refractivity contribution is 14.1. The second-order valence-corrected chi connectivity index (χ2v) is 4.25. The summed E-state index contributed by atoms with van der Waals surface area (Å²) in [5, 5.41) is 0. The van der Waals surface area contributed by atoms with Crippen molar-refractivity contribution in [2.75, 3.05) is 6.61 Å². The van der Waals surface area contributed by atoms with Gasteiger partial charge in [0.25, 0.3) is 0 Å². The summed E-state index contributed by atoms with van der Waals surface area (Å²) < 4.78 is 6.50. The van der Waals surface area contributed by atoms with Crippen LogP contribution in [-0.4, -0.2) is 12.4 Å². The average Bonchev–Trinajstić information content (AvgIpc) is 2.12. The fraction of sp³-hybridized carbons (Fsp3) is 0.300. The van der Waals surface area contributed by atoms with E-state index >= 15 is 0 Å². The Hall–Kier alpha value is -0.580. The molecule has 1 heterocycles. The van der Waals surface area contributed by atoms with Crippen LogP contribution in [0.3, 0.4) is 0 Å². The maximum absolute atomic E-state index is 11.6. The minimum atomic E-state index is 0.206. The molecular formula is C10H9IO2. The van der Waals surface area contributed by atoms with Crippen LogP contribution in [0, 0.1) is 10.5 Å². The van der Waals surface area contributed by atoms with Crippen LogP contribution in [0.25, 0.3) is 0 Å². The fourth-order valence-electron chi connectivity index (χ4n) is 1.51. The van der Waals surface area contributed by atoms with Crippen molar-refractivity contribution in [3.05, 3.63) is 26.8 Å². The lowest BCUT2D eigenvalue weighted by Gasteiger charge is -2.19. The molecule has 2 rings (SSSR count). The van der Waals surface area contributed by atoms with Gasteiger partial charge < -0.3 is 4.74 Å². The first-order valence-electron chi connectivity index (χ1n) is 4.15. The molecule has 0 N–H and O–H groups in total. The van der Waals surface area contributed by atoms with E-state index in [1.165, 1.54) is 0 Å². The molecule has 0 radical (unpaired) electrons. The zero-order valence-corrected chi connectivity index (χ0v) is 9.42. The number of benzene rings is 1. The van der Waals surface area contributed by atoms with E-state index in [0.29, 0.717) is 13.0 Å². The highest BCUT2D eigenvalue weighted by atomic mass is 127. The maximum Gasteiger partial charge on any atom is 0.170 e. The second-order valence-electron chi connectivity index (χ2n) is 3.09. The monoisotopic (exact) mass is 288 g/mol. The third kappa shape index (κ3) is 1.45. The van der Waals surface area contributed by atoms with E-state index < -0.39 is 0 Å². The number of rotatable bonds is 0. The predicted octanol–water partition coefficient (Wildman–Crippen LogP) is 2.56. The van der Waals surface area contributed by atoms with Crippen LogP contribution < -0.4 is 4.74 Å². The van der Waals surface area contributed by atoms with E-state index in [1.54, 1.807) is 0 Å². The lowest BCUT2D eigenvalue weighted by Crippen LogP contribution is -2.17. The maximum atomic E-state index is 11.6. The summed E-state index contributed by atoms with van der Waals surface area (Å²) in [4.78, 5) is 11.6. The van der Waals surface area contributed by atoms with E-state index in [0.717, 1.165) is 20.4 Å². The van der Waals surface area contributed by atoms with Crippen molar-refractivity contribution in [3.8, 4) is 5.75 Å². The first kappa shape index (κ1) is 8.99. The molecule has 0 saturated carbocycles. The smallest absolute Gasteiger partial charge is 0.170 e. The number of carbonyl (C=O) groups is 1. The van der Waals surface area contributed by atoms with Gasteiger partial charge in [0.05, 0.1) is 15.7 Å². The molecular weight excluding hydrogens is 279 g/mol. The molecule has 68 valence electrons. The van der Waals surface area contributed by atoms with Crippen LogP contribution in [0.1, 0.15) is 22.3 Å². The van der Waals surface area contributed by atoms with Gasteiger partial charge in [-0.1, -0.05) is 6.07 Å². The number of halogens is 1. The third-order valence-electron chi connectivity index (χ3n) is 2.17. The first-order valence-corrected chi connectivity index (χ1v) is 5.23. The molecule has 0 bridgehead atoms. The Morgan fingerprint density at radius 3 is 2.92 bits per heavy atom. The SMILES string of the molecule is Cc1ccc(I)c2c1C(=O)CCO2. The second kappa shape index (κ2) is 3.29. The van der Waals surface area contributed by atoms with Crippen molar-refractivity contribution >= 4 is 28.4 Å². The van der Waals surface area contributed by atoms with Crippen molar-refractivity contribution < 1.29 is 9.53 Å². The quantitative estimate of drug-likeness (QED) is 0.686. The number of Topliss-reactive ketones (excluding diaryl/α,β-unsaturated/α-hetero) is 1. The number of carbonyl (C=O) groups excluding carboxylic acids is 1. The molecule has 0 unspecified atom stereocenters. The van der Waals surface area contributed by atoms with Gasteiger partial charge in [0.1, 0.15) is 5.75 Å². The Labute approximate surface area is 90.4 Å². The molecule has 1 aromatic rings. The van der Waals surface area contributed by atoms with Gasteiger partial charge in [0, 0.05) is 6.42 Å². The molecule has 0 spiro atoms. The van der Waals surface area contributed by atoms with Gasteiger partial charge in [-0.15, -0.1) is 0 Å². The van der Waals surface area contributed by atoms with Gasteiger partial charge >= 0.3 is 0 Å². The summed E-state index contributed by atoms with van der Waals surface area (Å²) >= 11 is 2.19. The van der Waals surface area contributed by atoms with Crippen molar-refractivity contribution in [1.82, 2.24) is 0 Å². The van der Waals surface area contributed by atoms with Crippen molar-refractivity contribution in [1.29, 1.82) is 0 Å². The number of fused-ring (bicyclic) bond motifs is 1. The van der Waals surface area contributed by atoms with Gasteiger partial charge in [-0.2, -0.15) is 0 Å². The largest absolute Gasteiger partial charge is 0.491 e. The van der Waals surface area contributed by atoms with Gasteiger partial charge in [-0.25, -0.2) is 0 Å². The van der Waals surface area contributed by atoms with Crippen LogP contribution in [0.5, 0.6) is 5.75 Å². The summed E-state index contributed by atoms with van der Waals surface area (Å²) in [5.74, 6) is 0.981. The zero-order valence-electron chi connectivity index (χ0n) is 7.26. The Morgan fingerprint density at radius 2 is 2.23 bits per heavy atom. The summed E-state index contributed by atoms with van der Waals surface area (Å²) in [6.45, 7) is 2.47. The first-order chi connectivity index (χ1) is 6.20.